The largest absolute Gasteiger partial charge is 0.361 e. The van der Waals surface area contributed by atoms with Crippen LogP contribution in [0.1, 0.15) is 39.8 Å². The van der Waals surface area contributed by atoms with Gasteiger partial charge in [-0.05, 0) is 38.3 Å². The van der Waals surface area contributed by atoms with E-state index in [4.69, 9.17) is 4.52 Å². The molecule has 1 aromatic heterocycles. The maximum absolute atomic E-state index is 12.7. The Bertz CT molecular complexity index is 706. The smallest absolute Gasteiger partial charge is 0.227 e. The molecule has 5 heteroatoms. The van der Waals surface area contributed by atoms with E-state index >= 15 is 0 Å². The van der Waals surface area contributed by atoms with E-state index in [-0.39, 0.29) is 5.91 Å². The van der Waals surface area contributed by atoms with Gasteiger partial charge in [0.2, 0.25) is 5.91 Å². The summed E-state index contributed by atoms with van der Waals surface area (Å²) in [7, 11) is 0. The molecule has 3 rings (SSSR count). The van der Waals surface area contributed by atoms with E-state index in [1.165, 1.54) is 11.1 Å². The van der Waals surface area contributed by atoms with Crippen molar-refractivity contribution in [2.45, 2.75) is 38.9 Å². The van der Waals surface area contributed by atoms with Crippen LogP contribution in [0.2, 0.25) is 0 Å². The number of carbonyl (C=O) groups excluding carboxylic acids is 1. The zero-order valence-electron chi connectivity index (χ0n) is 14.5. The van der Waals surface area contributed by atoms with Crippen LogP contribution < -0.4 is 0 Å². The maximum Gasteiger partial charge on any atom is 0.227 e. The van der Waals surface area contributed by atoms with Crippen molar-refractivity contribution in [1.82, 2.24) is 10.1 Å². The molecule has 2 aromatic rings. The van der Waals surface area contributed by atoms with Gasteiger partial charge in [0.25, 0.3) is 0 Å². The number of rotatable bonds is 3. The van der Waals surface area contributed by atoms with Crippen molar-refractivity contribution in [1.29, 1.82) is 0 Å². The SMILES string of the molecule is Cc1ccccc1[C@H]1CCN(C(=O)Cc2c(C)noc2C)CCS1. The zero-order valence-corrected chi connectivity index (χ0v) is 15.4. The van der Waals surface area contributed by atoms with Crippen LogP contribution in [-0.4, -0.2) is 34.8 Å². The Balaban J connectivity index is 1.65. The first-order valence-corrected chi connectivity index (χ1v) is 9.48. The lowest BCUT2D eigenvalue weighted by atomic mass is 10.0. The highest BCUT2D eigenvalue weighted by Crippen LogP contribution is 2.36. The van der Waals surface area contributed by atoms with Crippen LogP contribution in [0, 0.1) is 20.8 Å². The van der Waals surface area contributed by atoms with Gasteiger partial charge >= 0.3 is 0 Å². The number of benzene rings is 1. The van der Waals surface area contributed by atoms with Crippen LogP contribution in [0.4, 0.5) is 0 Å². The zero-order chi connectivity index (χ0) is 17.1. The van der Waals surface area contributed by atoms with E-state index in [2.05, 4.69) is 36.3 Å². The molecule has 4 nitrogen and oxygen atoms in total. The van der Waals surface area contributed by atoms with E-state index in [1.54, 1.807) is 0 Å². The molecule has 1 saturated heterocycles. The number of hydrogen-bond acceptors (Lipinski definition) is 4. The van der Waals surface area contributed by atoms with Gasteiger partial charge in [-0.1, -0.05) is 29.4 Å². The van der Waals surface area contributed by atoms with Crippen LogP contribution >= 0.6 is 11.8 Å². The number of aromatic nitrogens is 1. The van der Waals surface area contributed by atoms with Gasteiger partial charge < -0.3 is 9.42 Å². The minimum Gasteiger partial charge on any atom is -0.361 e. The Morgan fingerprint density at radius 1 is 1.29 bits per heavy atom. The van der Waals surface area contributed by atoms with Crippen molar-refractivity contribution >= 4 is 17.7 Å². The fourth-order valence-electron chi connectivity index (χ4n) is 3.23. The average Bonchev–Trinajstić information content (AvgIpc) is 2.79. The molecule has 24 heavy (non-hydrogen) atoms. The van der Waals surface area contributed by atoms with Gasteiger partial charge in [0.05, 0.1) is 12.1 Å². The minimum absolute atomic E-state index is 0.176. The molecular weight excluding hydrogens is 320 g/mol. The summed E-state index contributed by atoms with van der Waals surface area (Å²) in [6.45, 7) is 7.56. The number of nitrogens with zero attached hydrogens (tertiary/aromatic N) is 2. The number of amides is 1. The molecule has 1 fully saturated rings. The summed E-state index contributed by atoms with van der Waals surface area (Å²) in [5.41, 5.74) is 4.50. The quantitative estimate of drug-likeness (QED) is 0.848. The summed E-state index contributed by atoms with van der Waals surface area (Å²) in [6.07, 6.45) is 1.39. The second-order valence-corrected chi connectivity index (χ2v) is 7.68. The molecule has 0 unspecified atom stereocenters. The summed E-state index contributed by atoms with van der Waals surface area (Å²) in [6, 6.07) is 8.57. The van der Waals surface area contributed by atoms with E-state index in [0.717, 1.165) is 42.3 Å². The van der Waals surface area contributed by atoms with Crippen LogP contribution in [-0.2, 0) is 11.2 Å². The molecule has 128 valence electrons. The lowest BCUT2D eigenvalue weighted by Crippen LogP contribution is -2.34. The first-order chi connectivity index (χ1) is 11.6. The summed E-state index contributed by atoms with van der Waals surface area (Å²) >= 11 is 1.96. The predicted octanol–water partition coefficient (Wildman–Crippen LogP) is 3.85. The Hall–Kier alpha value is -1.75. The van der Waals surface area contributed by atoms with E-state index in [1.807, 2.05) is 30.5 Å². The Morgan fingerprint density at radius 3 is 2.79 bits per heavy atom. The van der Waals surface area contributed by atoms with Gasteiger partial charge in [-0.25, -0.2) is 0 Å². The van der Waals surface area contributed by atoms with Crippen molar-refractivity contribution < 1.29 is 9.32 Å². The standard InChI is InChI=1S/C19H24N2O2S/c1-13-6-4-5-7-16(13)18-8-9-21(10-11-24-18)19(22)12-17-14(2)20-23-15(17)3/h4-7,18H,8-12H2,1-3H3/t18-/m1/s1. The molecule has 0 N–H and O–H groups in total. The minimum atomic E-state index is 0.176. The molecule has 0 bridgehead atoms. The van der Waals surface area contributed by atoms with Crippen molar-refractivity contribution in [3.05, 3.63) is 52.4 Å². The topological polar surface area (TPSA) is 46.3 Å². The van der Waals surface area contributed by atoms with Crippen molar-refractivity contribution in [2.24, 2.45) is 0 Å². The second kappa shape index (κ2) is 7.43. The molecule has 1 atom stereocenters. The van der Waals surface area contributed by atoms with Gasteiger partial charge in [0.1, 0.15) is 5.76 Å². The summed E-state index contributed by atoms with van der Waals surface area (Å²) < 4.78 is 5.17. The highest BCUT2D eigenvalue weighted by molar-refractivity contribution is 7.99. The first-order valence-electron chi connectivity index (χ1n) is 8.43. The molecule has 0 saturated carbocycles. The first kappa shape index (κ1) is 17.1. The highest BCUT2D eigenvalue weighted by Gasteiger charge is 2.24. The molecular formula is C19H24N2O2S. The molecule has 2 heterocycles. The van der Waals surface area contributed by atoms with E-state index in [9.17, 15) is 4.79 Å². The Morgan fingerprint density at radius 2 is 2.08 bits per heavy atom. The molecule has 1 aliphatic heterocycles. The predicted molar refractivity (Wildman–Crippen MR) is 97.3 cm³/mol. The molecule has 0 radical (unpaired) electrons. The van der Waals surface area contributed by atoms with E-state index in [0.29, 0.717) is 11.7 Å². The fraction of sp³-hybridized carbons (Fsp3) is 0.474. The van der Waals surface area contributed by atoms with Crippen LogP contribution in [0.5, 0.6) is 0 Å². The number of aryl methyl sites for hydroxylation is 3. The molecule has 1 aliphatic rings. The summed E-state index contributed by atoms with van der Waals surface area (Å²) in [5, 5.41) is 4.42. The van der Waals surface area contributed by atoms with Crippen molar-refractivity contribution in [2.75, 3.05) is 18.8 Å². The third-order valence-corrected chi connectivity index (χ3v) is 6.05. The van der Waals surface area contributed by atoms with Crippen LogP contribution in [0.25, 0.3) is 0 Å². The molecule has 0 spiro atoms. The molecule has 1 amide bonds. The maximum atomic E-state index is 12.7. The van der Waals surface area contributed by atoms with Gasteiger partial charge in [-0.2, -0.15) is 11.8 Å². The summed E-state index contributed by atoms with van der Waals surface area (Å²) in [4.78, 5) is 14.7. The van der Waals surface area contributed by atoms with Gasteiger partial charge in [0, 0.05) is 29.7 Å². The third kappa shape index (κ3) is 3.66. The Kier molecular flexibility index (Phi) is 5.29. The monoisotopic (exact) mass is 344 g/mol. The molecule has 0 aliphatic carbocycles. The number of carbonyl (C=O) groups is 1. The second-order valence-electron chi connectivity index (χ2n) is 6.36. The van der Waals surface area contributed by atoms with Gasteiger partial charge in [0.15, 0.2) is 0 Å². The number of hydrogen-bond donors (Lipinski definition) is 0. The van der Waals surface area contributed by atoms with E-state index < -0.39 is 0 Å². The average molecular weight is 344 g/mol. The summed E-state index contributed by atoms with van der Waals surface area (Å²) in [5.74, 6) is 1.91. The third-order valence-electron chi connectivity index (χ3n) is 4.74. The Labute approximate surface area is 147 Å². The van der Waals surface area contributed by atoms with Gasteiger partial charge in [-0.15, -0.1) is 0 Å². The van der Waals surface area contributed by atoms with Crippen molar-refractivity contribution in [3.63, 3.8) is 0 Å². The fourth-order valence-corrected chi connectivity index (χ4v) is 4.56. The van der Waals surface area contributed by atoms with Crippen LogP contribution in [0.3, 0.4) is 0 Å². The van der Waals surface area contributed by atoms with Crippen LogP contribution in [0.15, 0.2) is 28.8 Å². The number of thioether (sulfide) groups is 1. The lowest BCUT2D eigenvalue weighted by molar-refractivity contribution is -0.130. The lowest BCUT2D eigenvalue weighted by Gasteiger charge is -2.20. The highest BCUT2D eigenvalue weighted by atomic mass is 32.2. The van der Waals surface area contributed by atoms with Crippen molar-refractivity contribution in [3.8, 4) is 0 Å². The van der Waals surface area contributed by atoms with Gasteiger partial charge in [-0.3, -0.25) is 4.79 Å². The normalized spacial score (nSPS) is 18.5. The molecule has 1 aromatic carbocycles.